The molecule has 0 rings (SSSR count). The van der Waals surface area contributed by atoms with Crippen molar-refractivity contribution in [3.05, 3.63) is 0 Å². The molecule has 0 aromatic rings. The van der Waals surface area contributed by atoms with Gasteiger partial charge in [-0.25, -0.2) is 0 Å². The van der Waals surface area contributed by atoms with Crippen LogP contribution in [0.1, 0.15) is 0 Å². The van der Waals surface area contributed by atoms with Crippen LogP contribution >= 0.6 is 23.5 Å². The second kappa shape index (κ2) is 29.3. The van der Waals surface area contributed by atoms with Gasteiger partial charge in [-0.15, -0.1) is 0 Å². The molecular formula is K3Na4O11P3. The van der Waals surface area contributed by atoms with Crippen LogP contribution in [0, 0.1) is 0 Å². The molecule has 21 heavy (non-hydrogen) atoms. The van der Waals surface area contributed by atoms with Gasteiger partial charge in [0.05, 0.1) is 15.6 Å². The summed E-state index contributed by atoms with van der Waals surface area (Å²) < 4.78 is 29.7. The van der Waals surface area contributed by atoms with Gasteiger partial charge in [0.2, 0.25) is 0 Å². The quantitative estimate of drug-likeness (QED) is 0.268. The molecule has 0 aromatic carbocycles. The minimum atomic E-state index is -5.68. The van der Waals surface area contributed by atoms with E-state index in [4.69, 9.17) is 19.2 Å². The predicted molar refractivity (Wildman–Crippen MR) is 23.9 cm³/mol. The van der Waals surface area contributed by atoms with E-state index in [1.165, 1.54) is 0 Å². The molecule has 0 radical (unpaired) electrons. The molecular weight excluding hydrogens is 478 g/mol. The number of rotatable bonds is 2. The Balaban J connectivity index is -0.0000000157. The van der Waals surface area contributed by atoms with Gasteiger partial charge in [0, 0.05) is 0 Å². The van der Waals surface area contributed by atoms with E-state index in [2.05, 4.69) is 4.31 Å². The molecule has 0 spiro atoms. The molecule has 0 aliphatic carbocycles. The molecule has 0 saturated heterocycles. The minimum absolute atomic E-state index is 0. The maximum atomic E-state index is 9.32. The zero-order valence-corrected chi connectivity index (χ0v) is 32.9. The summed E-state index contributed by atoms with van der Waals surface area (Å²) in [6.45, 7) is 0. The largest absolute Gasteiger partial charge is 1.00 e. The summed E-state index contributed by atoms with van der Waals surface area (Å²) in [7, 11) is -16.7. The second-order valence-corrected chi connectivity index (χ2v) is 4.76. The molecule has 0 fully saturated rings. The molecule has 0 heterocycles. The van der Waals surface area contributed by atoms with E-state index in [-0.39, 0.29) is 272 Å². The summed E-state index contributed by atoms with van der Waals surface area (Å²) >= 11 is 0. The van der Waals surface area contributed by atoms with Crippen molar-refractivity contribution in [2.45, 2.75) is 0 Å². The van der Waals surface area contributed by atoms with Crippen molar-refractivity contribution in [1.82, 2.24) is 0 Å². The average Bonchev–Trinajstić information content (AvgIpc) is 1.42. The fourth-order valence-electron chi connectivity index (χ4n) is 0.122. The fourth-order valence-corrected chi connectivity index (χ4v) is 1.10. The topological polar surface area (TPSA) is 222 Å². The van der Waals surface area contributed by atoms with Gasteiger partial charge in [-0.1, -0.05) is 0 Å². The van der Waals surface area contributed by atoms with Crippen LogP contribution in [0.15, 0.2) is 0 Å². The number of phosphoric acid groups is 3. The zero-order chi connectivity index (χ0) is 12.2. The van der Waals surface area contributed by atoms with Gasteiger partial charge in [-0.3, -0.25) is 0 Å². The first-order chi connectivity index (χ1) is 5.71. The van der Waals surface area contributed by atoms with E-state index < -0.39 is 23.5 Å². The van der Waals surface area contributed by atoms with Crippen molar-refractivity contribution in [3.63, 3.8) is 0 Å². The van der Waals surface area contributed by atoms with Crippen molar-refractivity contribution >= 4 is 23.5 Å². The van der Waals surface area contributed by atoms with Crippen LogP contribution < -0.4 is 307 Å². The third-order valence-electron chi connectivity index (χ3n) is 0.200. The summed E-state index contributed by atoms with van der Waals surface area (Å²) in [5.74, 6) is 0. The average molecular weight is 478 g/mol. The summed E-state index contributed by atoms with van der Waals surface area (Å²) in [6.07, 6.45) is 0. The van der Waals surface area contributed by atoms with E-state index in [0.29, 0.717) is 0 Å². The van der Waals surface area contributed by atoms with Gasteiger partial charge >= 0.3 is 272 Å². The molecule has 0 bridgehead atoms. The van der Waals surface area contributed by atoms with Gasteiger partial charge in [-0.05, 0) is 0 Å². The third kappa shape index (κ3) is 93.3. The Morgan fingerprint density at radius 1 is 0.524 bits per heavy atom. The van der Waals surface area contributed by atoms with Gasteiger partial charge in [0.1, 0.15) is 0 Å². The molecule has 0 amide bonds. The summed E-state index contributed by atoms with van der Waals surface area (Å²) in [5, 5.41) is 0. The zero-order valence-electron chi connectivity index (χ0n) is 12.8. The SMILES string of the molecule is O=P([O-])([O-])OP(=O)([O-])[O-].O=P([O-])([O-])[O-].[K+].[K+].[K+].[Na+].[Na+].[Na+].[Na+]. The van der Waals surface area contributed by atoms with Gasteiger partial charge in [-0.2, -0.15) is 7.82 Å². The third-order valence-corrected chi connectivity index (χ3v) is 1.80. The Morgan fingerprint density at radius 2 is 0.619 bits per heavy atom. The molecule has 0 unspecified atom stereocenters. The van der Waals surface area contributed by atoms with Crippen molar-refractivity contribution < 1.29 is 325 Å². The van der Waals surface area contributed by atoms with E-state index in [9.17, 15) is 28.7 Å². The summed E-state index contributed by atoms with van der Waals surface area (Å²) in [4.78, 5) is 62.9. The van der Waals surface area contributed by atoms with Crippen LogP contribution in [-0.2, 0) is 18.0 Å². The van der Waals surface area contributed by atoms with Crippen LogP contribution in [-0.4, -0.2) is 0 Å². The normalized spacial score (nSPS) is 8.71. The Bertz CT molecular complexity index is 280. The second-order valence-electron chi connectivity index (χ2n) is 1.42. The molecule has 0 atom stereocenters. The summed E-state index contributed by atoms with van der Waals surface area (Å²) in [5.41, 5.74) is 0. The Hall–Kier alpha value is 9.28. The molecule has 0 N–H and O–H groups in total. The molecule has 0 aliphatic heterocycles. The van der Waals surface area contributed by atoms with Crippen molar-refractivity contribution in [2.75, 3.05) is 0 Å². The van der Waals surface area contributed by atoms with Gasteiger partial charge < -0.3 is 52.3 Å². The van der Waals surface area contributed by atoms with Crippen molar-refractivity contribution in [3.8, 4) is 0 Å². The van der Waals surface area contributed by atoms with Crippen molar-refractivity contribution in [1.29, 1.82) is 0 Å². The first-order valence-electron chi connectivity index (χ1n) is 2.19. The molecule has 88 valence electrons. The van der Waals surface area contributed by atoms with Crippen LogP contribution in [0.5, 0.6) is 0 Å². The first kappa shape index (κ1) is 57.3. The Morgan fingerprint density at radius 3 is 0.619 bits per heavy atom. The Kier molecular flexibility index (Phi) is 79.9. The van der Waals surface area contributed by atoms with Crippen molar-refractivity contribution in [2.24, 2.45) is 0 Å². The molecule has 0 aromatic heterocycles. The number of hydrogen-bond donors (Lipinski definition) is 0. The summed E-state index contributed by atoms with van der Waals surface area (Å²) in [6, 6.07) is 0. The first-order valence-corrected chi connectivity index (χ1v) is 6.57. The van der Waals surface area contributed by atoms with Gasteiger partial charge in [0.15, 0.2) is 0 Å². The van der Waals surface area contributed by atoms with E-state index in [1.807, 2.05) is 0 Å². The standard InChI is InChI=1S/3K.4Na.H4O7P2.H3O4P/c;;;;;;;1-8(2,3)7-9(4,5)6;1-5(2,3)4/h;;;;;;;(H2,1,2,3)(H2,4,5,6);(H3,1,2,3,4)/q7*+1;;/p-7. The van der Waals surface area contributed by atoms with Crippen LogP contribution in [0.4, 0.5) is 0 Å². The Labute approximate surface area is 337 Å². The van der Waals surface area contributed by atoms with Crippen LogP contribution in [0.3, 0.4) is 0 Å². The van der Waals surface area contributed by atoms with E-state index in [1.54, 1.807) is 0 Å². The minimum Gasteiger partial charge on any atom is -0.822 e. The molecule has 0 aliphatic rings. The maximum Gasteiger partial charge on any atom is 1.00 e. The van der Waals surface area contributed by atoms with E-state index in [0.717, 1.165) is 0 Å². The van der Waals surface area contributed by atoms with Crippen LogP contribution in [0.25, 0.3) is 0 Å². The van der Waals surface area contributed by atoms with Gasteiger partial charge in [0.25, 0.3) is 0 Å². The molecule has 21 heteroatoms. The molecule has 0 saturated carbocycles. The molecule has 11 nitrogen and oxygen atoms in total. The van der Waals surface area contributed by atoms with E-state index >= 15 is 0 Å². The maximum absolute atomic E-state index is 9.32. The monoisotopic (exact) mass is 478 g/mol. The van der Waals surface area contributed by atoms with Crippen LogP contribution in [0.2, 0.25) is 0 Å². The smallest absolute Gasteiger partial charge is 0.822 e. The predicted octanol–water partition coefficient (Wildman–Crippen LogP) is -27.1. The number of hydrogen-bond acceptors (Lipinski definition) is 11. The fraction of sp³-hybridized carbons (Fsp3) is 0.